The first-order chi connectivity index (χ1) is 12.6. The van der Waals surface area contributed by atoms with Gasteiger partial charge in [-0.25, -0.2) is 0 Å². The number of hydrogen-bond acceptors (Lipinski definition) is 4. The van der Waals surface area contributed by atoms with Crippen LogP contribution in [0.5, 0.6) is 0 Å². The van der Waals surface area contributed by atoms with Crippen molar-refractivity contribution in [2.75, 3.05) is 17.3 Å². The first kappa shape index (κ1) is 17.2. The fourth-order valence-corrected chi connectivity index (χ4v) is 2.56. The highest BCUT2D eigenvalue weighted by atomic mass is 16.6. The van der Waals surface area contributed by atoms with Crippen LogP contribution in [-0.4, -0.2) is 17.9 Å². The predicted molar refractivity (Wildman–Crippen MR) is 102 cm³/mol. The topological polar surface area (TPSA) is 75.5 Å². The van der Waals surface area contributed by atoms with Crippen molar-refractivity contribution in [1.82, 2.24) is 0 Å². The van der Waals surface area contributed by atoms with Crippen molar-refractivity contribution in [2.24, 2.45) is 0 Å². The fraction of sp³-hybridized carbons (Fsp3) is 0.0500. The Morgan fingerprint density at radius 3 is 2.19 bits per heavy atom. The van der Waals surface area contributed by atoms with Gasteiger partial charge in [-0.15, -0.1) is 0 Å². The van der Waals surface area contributed by atoms with Gasteiger partial charge in [-0.1, -0.05) is 36.4 Å². The number of carbonyl (C=O) groups excluding carboxylic acids is 1. The molecule has 0 heterocycles. The molecule has 0 radical (unpaired) electrons. The van der Waals surface area contributed by atoms with Crippen LogP contribution in [0.2, 0.25) is 0 Å². The molecule has 0 aliphatic carbocycles. The highest BCUT2D eigenvalue weighted by Crippen LogP contribution is 2.29. The van der Waals surface area contributed by atoms with Crippen molar-refractivity contribution < 1.29 is 9.72 Å². The summed E-state index contributed by atoms with van der Waals surface area (Å²) in [5, 5.41) is 14.5. The van der Waals surface area contributed by atoms with Crippen LogP contribution in [0, 0.1) is 10.1 Å². The molecule has 6 heteroatoms. The molecular weight excluding hydrogens is 330 g/mol. The van der Waals surface area contributed by atoms with Crippen LogP contribution in [0.1, 0.15) is 10.4 Å². The number of nitro benzene ring substituents is 1. The number of carbonyl (C=O) groups is 1. The third kappa shape index (κ3) is 3.70. The van der Waals surface area contributed by atoms with Crippen LogP contribution in [0.15, 0.2) is 78.9 Å². The van der Waals surface area contributed by atoms with E-state index in [-0.39, 0.29) is 17.2 Å². The van der Waals surface area contributed by atoms with Gasteiger partial charge in [-0.05, 0) is 36.4 Å². The highest BCUT2D eigenvalue weighted by Gasteiger charge is 2.20. The third-order valence-corrected chi connectivity index (χ3v) is 3.94. The molecular formula is C20H17N3O3. The molecule has 0 spiro atoms. The lowest BCUT2D eigenvalue weighted by atomic mass is 10.1. The second-order valence-electron chi connectivity index (χ2n) is 5.68. The van der Waals surface area contributed by atoms with E-state index in [1.165, 1.54) is 11.0 Å². The number of hydrogen-bond donors (Lipinski definition) is 1. The Balaban J connectivity index is 1.91. The third-order valence-electron chi connectivity index (χ3n) is 3.94. The molecule has 1 N–H and O–H groups in total. The lowest BCUT2D eigenvalue weighted by Crippen LogP contribution is -2.26. The minimum Gasteiger partial charge on any atom is -0.350 e. The van der Waals surface area contributed by atoms with Crippen molar-refractivity contribution in [3.8, 4) is 0 Å². The number of benzene rings is 3. The summed E-state index contributed by atoms with van der Waals surface area (Å²) in [6.45, 7) is 0. The largest absolute Gasteiger partial charge is 0.350 e. The van der Waals surface area contributed by atoms with E-state index >= 15 is 0 Å². The summed E-state index contributed by atoms with van der Waals surface area (Å²) in [4.78, 5) is 25.1. The van der Waals surface area contributed by atoms with E-state index in [4.69, 9.17) is 0 Å². The van der Waals surface area contributed by atoms with Crippen molar-refractivity contribution in [3.63, 3.8) is 0 Å². The second kappa shape index (κ2) is 7.48. The second-order valence-corrected chi connectivity index (χ2v) is 5.68. The molecule has 3 rings (SSSR count). The Morgan fingerprint density at radius 2 is 1.58 bits per heavy atom. The Bertz CT molecular complexity index is 928. The number of para-hydroxylation sites is 2. The Labute approximate surface area is 150 Å². The quantitative estimate of drug-likeness (QED) is 0.540. The summed E-state index contributed by atoms with van der Waals surface area (Å²) in [6.07, 6.45) is 0. The van der Waals surface area contributed by atoms with Gasteiger partial charge < -0.3 is 10.2 Å². The molecule has 3 aromatic carbocycles. The van der Waals surface area contributed by atoms with E-state index in [0.717, 1.165) is 5.69 Å². The number of nitrogens with zero attached hydrogens (tertiary/aromatic N) is 2. The van der Waals surface area contributed by atoms with Crippen molar-refractivity contribution >= 4 is 28.7 Å². The maximum atomic E-state index is 12.7. The molecule has 0 atom stereocenters. The van der Waals surface area contributed by atoms with Crippen LogP contribution in [0.4, 0.5) is 22.7 Å². The average molecular weight is 347 g/mol. The molecule has 0 aliphatic heterocycles. The maximum absolute atomic E-state index is 12.7. The van der Waals surface area contributed by atoms with Gasteiger partial charge in [0.25, 0.3) is 11.6 Å². The van der Waals surface area contributed by atoms with Crippen LogP contribution < -0.4 is 10.2 Å². The molecule has 0 saturated heterocycles. The van der Waals surface area contributed by atoms with Gasteiger partial charge in [0.2, 0.25) is 0 Å². The number of rotatable bonds is 5. The molecule has 0 aromatic heterocycles. The summed E-state index contributed by atoms with van der Waals surface area (Å²) >= 11 is 0. The summed E-state index contributed by atoms with van der Waals surface area (Å²) in [5.41, 5.74) is 1.88. The molecule has 3 aromatic rings. The molecule has 130 valence electrons. The number of nitro groups is 1. The van der Waals surface area contributed by atoms with Gasteiger partial charge in [0.1, 0.15) is 5.69 Å². The average Bonchev–Trinajstić information content (AvgIpc) is 2.68. The molecule has 26 heavy (non-hydrogen) atoms. The van der Waals surface area contributed by atoms with E-state index in [0.29, 0.717) is 11.4 Å². The van der Waals surface area contributed by atoms with E-state index in [9.17, 15) is 14.9 Å². The van der Waals surface area contributed by atoms with Gasteiger partial charge in [-0.2, -0.15) is 0 Å². The first-order valence-electron chi connectivity index (χ1n) is 8.00. The van der Waals surface area contributed by atoms with Crippen molar-refractivity contribution in [3.05, 3.63) is 94.5 Å². The molecule has 0 unspecified atom stereocenters. The van der Waals surface area contributed by atoms with E-state index in [2.05, 4.69) is 5.32 Å². The van der Waals surface area contributed by atoms with E-state index in [1.807, 2.05) is 48.5 Å². The minimum atomic E-state index is -0.495. The van der Waals surface area contributed by atoms with Gasteiger partial charge in [0.05, 0.1) is 4.92 Å². The van der Waals surface area contributed by atoms with Gasteiger partial charge >= 0.3 is 0 Å². The van der Waals surface area contributed by atoms with E-state index < -0.39 is 4.92 Å². The van der Waals surface area contributed by atoms with Crippen LogP contribution in [-0.2, 0) is 0 Å². The number of amides is 1. The SMILES string of the molecule is CN(C(=O)c1ccc(Nc2ccccc2)c([N+](=O)[O-])c1)c1ccccc1. The van der Waals surface area contributed by atoms with Crippen LogP contribution in [0.3, 0.4) is 0 Å². The van der Waals surface area contributed by atoms with Crippen molar-refractivity contribution in [1.29, 1.82) is 0 Å². The lowest BCUT2D eigenvalue weighted by molar-refractivity contribution is -0.383. The Morgan fingerprint density at radius 1 is 0.962 bits per heavy atom. The summed E-state index contributed by atoms with van der Waals surface area (Å²) in [5.74, 6) is -0.314. The van der Waals surface area contributed by atoms with E-state index in [1.54, 1.807) is 31.3 Å². The minimum absolute atomic E-state index is 0.152. The zero-order chi connectivity index (χ0) is 18.5. The molecule has 0 aliphatic rings. The van der Waals surface area contributed by atoms with Gasteiger partial charge in [0, 0.05) is 30.1 Å². The Kier molecular flexibility index (Phi) is 4.94. The summed E-state index contributed by atoms with van der Waals surface area (Å²) < 4.78 is 0. The maximum Gasteiger partial charge on any atom is 0.293 e. The number of nitrogens with one attached hydrogen (secondary N) is 1. The molecule has 0 bridgehead atoms. The summed E-state index contributed by atoms with van der Waals surface area (Å²) in [7, 11) is 1.64. The standard InChI is InChI=1S/C20H17N3O3/c1-22(17-10-6-3-7-11-17)20(24)15-12-13-18(19(14-15)23(25)26)21-16-8-4-2-5-9-16/h2-14,21H,1H3. The highest BCUT2D eigenvalue weighted by molar-refractivity contribution is 6.06. The molecule has 1 amide bonds. The van der Waals surface area contributed by atoms with Crippen molar-refractivity contribution in [2.45, 2.75) is 0 Å². The van der Waals surface area contributed by atoms with Crippen LogP contribution in [0.25, 0.3) is 0 Å². The van der Waals surface area contributed by atoms with Crippen LogP contribution >= 0.6 is 0 Å². The lowest BCUT2D eigenvalue weighted by Gasteiger charge is -2.17. The molecule has 0 saturated carbocycles. The zero-order valence-electron chi connectivity index (χ0n) is 14.1. The van der Waals surface area contributed by atoms with Gasteiger partial charge in [-0.3, -0.25) is 14.9 Å². The monoisotopic (exact) mass is 347 g/mol. The molecule has 0 fully saturated rings. The normalized spacial score (nSPS) is 10.2. The Hall–Kier alpha value is -3.67. The van der Waals surface area contributed by atoms with Gasteiger partial charge in [0.15, 0.2) is 0 Å². The molecule has 6 nitrogen and oxygen atoms in total. The number of anilines is 3. The predicted octanol–water partition coefficient (Wildman–Crippen LogP) is 4.62. The summed E-state index contributed by atoms with van der Waals surface area (Å²) in [6, 6.07) is 22.7. The smallest absolute Gasteiger partial charge is 0.293 e. The zero-order valence-corrected chi connectivity index (χ0v) is 14.1. The fourth-order valence-electron chi connectivity index (χ4n) is 2.56. The first-order valence-corrected chi connectivity index (χ1v) is 8.00.